The maximum absolute atomic E-state index is 11.6. The zero-order valence-corrected chi connectivity index (χ0v) is 12.2. The predicted octanol–water partition coefficient (Wildman–Crippen LogP) is 2.80. The van der Waals surface area contributed by atoms with Crippen LogP contribution in [0.4, 0.5) is 4.79 Å². The summed E-state index contributed by atoms with van der Waals surface area (Å²) >= 11 is 0. The highest BCUT2D eigenvalue weighted by atomic mass is 16.6. The molecular formula is C15H22N2O3. The molecule has 5 heteroatoms. The van der Waals surface area contributed by atoms with Gasteiger partial charge in [-0.15, -0.1) is 0 Å². The summed E-state index contributed by atoms with van der Waals surface area (Å²) in [6, 6.07) is 5.38. The van der Waals surface area contributed by atoms with Gasteiger partial charge in [0.05, 0.1) is 6.04 Å². The number of carbonyl (C=O) groups excluding carboxylic acids is 1. The van der Waals surface area contributed by atoms with Crippen molar-refractivity contribution in [2.45, 2.75) is 51.7 Å². The van der Waals surface area contributed by atoms with Crippen molar-refractivity contribution in [3.05, 3.63) is 29.3 Å². The first-order valence-corrected chi connectivity index (χ1v) is 6.91. The first kappa shape index (κ1) is 14.7. The van der Waals surface area contributed by atoms with Crippen molar-refractivity contribution in [1.82, 2.24) is 10.9 Å². The number of fused-ring (bicyclic) bond motifs is 1. The second-order valence-electron chi connectivity index (χ2n) is 6.10. The van der Waals surface area contributed by atoms with Gasteiger partial charge in [0.1, 0.15) is 11.4 Å². The lowest BCUT2D eigenvalue weighted by molar-refractivity contribution is 0.0485. The van der Waals surface area contributed by atoms with E-state index in [2.05, 4.69) is 10.9 Å². The number of hydrogen-bond donors (Lipinski definition) is 3. The molecule has 0 aliphatic heterocycles. The number of carbonyl (C=O) groups is 1. The maximum Gasteiger partial charge on any atom is 0.422 e. The van der Waals surface area contributed by atoms with Crippen molar-refractivity contribution in [3.8, 4) is 5.75 Å². The lowest BCUT2D eigenvalue weighted by Crippen LogP contribution is -2.43. The summed E-state index contributed by atoms with van der Waals surface area (Å²) in [7, 11) is 0. The standard InChI is InChI=1S/C15H22N2O3/c1-15(2,3)20-14(19)17-16-13-6-4-5-10-7-8-11(18)9-12(10)13/h7-9,13,16,18H,4-6H2,1-3H3,(H,17,19). The highest BCUT2D eigenvalue weighted by Crippen LogP contribution is 2.31. The number of hydrazine groups is 1. The van der Waals surface area contributed by atoms with E-state index < -0.39 is 11.7 Å². The molecule has 2 rings (SSSR count). The van der Waals surface area contributed by atoms with E-state index in [1.807, 2.05) is 26.8 Å². The molecule has 1 aliphatic carbocycles. The van der Waals surface area contributed by atoms with Crippen molar-refractivity contribution < 1.29 is 14.6 Å². The van der Waals surface area contributed by atoms with E-state index in [-0.39, 0.29) is 11.8 Å². The molecule has 1 aromatic carbocycles. The molecule has 110 valence electrons. The Morgan fingerprint density at radius 1 is 1.40 bits per heavy atom. The van der Waals surface area contributed by atoms with Crippen molar-refractivity contribution >= 4 is 6.09 Å². The SMILES string of the molecule is CC(C)(C)OC(=O)NNC1CCCc2ccc(O)cc21. The van der Waals surface area contributed by atoms with Gasteiger partial charge in [0, 0.05) is 0 Å². The van der Waals surface area contributed by atoms with Gasteiger partial charge in [0.2, 0.25) is 0 Å². The van der Waals surface area contributed by atoms with E-state index >= 15 is 0 Å². The second kappa shape index (κ2) is 5.71. The highest BCUT2D eigenvalue weighted by Gasteiger charge is 2.22. The smallest absolute Gasteiger partial charge is 0.422 e. The van der Waals surface area contributed by atoms with Crippen LogP contribution in [0.3, 0.4) is 0 Å². The first-order valence-electron chi connectivity index (χ1n) is 6.91. The molecule has 0 saturated heterocycles. The van der Waals surface area contributed by atoms with Gasteiger partial charge in [-0.3, -0.25) is 5.43 Å². The number of ether oxygens (including phenoxy) is 1. The largest absolute Gasteiger partial charge is 0.508 e. The molecule has 1 atom stereocenters. The Hall–Kier alpha value is -1.75. The Morgan fingerprint density at radius 3 is 2.85 bits per heavy atom. The number of rotatable bonds is 2. The molecule has 0 radical (unpaired) electrons. The predicted molar refractivity (Wildman–Crippen MR) is 76.3 cm³/mol. The Kier molecular flexibility index (Phi) is 4.18. The number of hydrogen-bond acceptors (Lipinski definition) is 4. The lowest BCUT2D eigenvalue weighted by atomic mass is 9.88. The van der Waals surface area contributed by atoms with Crippen LogP contribution in [-0.4, -0.2) is 16.8 Å². The molecule has 5 nitrogen and oxygen atoms in total. The van der Waals surface area contributed by atoms with Crippen molar-refractivity contribution in [2.24, 2.45) is 0 Å². The number of phenolic OH excluding ortho intramolecular Hbond substituents is 1. The molecule has 0 fully saturated rings. The fourth-order valence-corrected chi connectivity index (χ4v) is 2.39. The molecule has 1 amide bonds. The average molecular weight is 278 g/mol. The second-order valence-corrected chi connectivity index (χ2v) is 6.10. The van der Waals surface area contributed by atoms with Gasteiger partial charge >= 0.3 is 6.09 Å². The summed E-state index contributed by atoms with van der Waals surface area (Å²) < 4.78 is 5.18. The van der Waals surface area contributed by atoms with Crippen LogP contribution in [0.1, 0.15) is 50.8 Å². The highest BCUT2D eigenvalue weighted by molar-refractivity contribution is 5.67. The van der Waals surface area contributed by atoms with Crippen LogP contribution < -0.4 is 10.9 Å². The van der Waals surface area contributed by atoms with E-state index in [1.165, 1.54) is 5.56 Å². The average Bonchev–Trinajstić information content (AvgIpc) is 2.34. The fourth-order valence-electron chi connectivity index (χ4n) is 2.39. The summed E-state index contributed by atoms with van der Waals surface area (Å²) in [6.07, 6.45) is 2.46. The van der Waals surface area contributed by atoms with E-state index in [9.17, 15) is 9.90 Å². The van der Waals surface area contributed by atoms with Crippen LogP contribution in [-0.2, 0) is 11.2 Å². The van der Waals surface area contributed by atoms with E-state index in [4.69, 9.17) is 4.74 Å². The number of amides is 1. The summed E-state index contributed by atoms with van der Waals surface area (Å²) in [5.41, 5.74) is 7.29. The minimum atomic E-state index is -0.519. The number of phenols is 1. The Labute approximate surface area is 119 Å². The lowest BCUT2D eigenvalue weighted by Gasteiger charge is -2.27. The third-order valence-electron chi connectivity index (χ3n) is 3.19. The molecule has 3 N–H and O–H groups in total. The number of aromatic hydroxyl groups is 1. The van der Waals surface area contributed by atoms with Gasteiger partial charge in [0.25, 0.3) is 0 Å². The monoisotopic (exact) mass is 278 g/mol. The van der Waals surface area contributed by atoms with Crippen LogP contribution in [0.2, 0.25) is 0 Å². The zero-order chi connectivity index (χ0) is 14.8. The third-order valence-corrected chi connectivity index (χ3v) is 3.19. The summed E-state index contributed by atoms with van der Waals surface area (Å²) in [5.74, 6) is 0.245. The molecular weight excluding hydrogens is 256 g/mol. The van der Waals surface area contributed by atoms with Gasteiger partial charge < -0.3 is 9.84 Å². The van der Waals surface area contributed by atoms with Crippen LogP contribution in [0.25, 0.3) is 0 Å². The molecule has 0 bridgehead atoms. The maximum atomic E-state index is 11.6. The van der Waals surface area contributed by atoms with Gasteiger partial charge in [-0.2, -0.15) is 0 Å². The van der Waals surface area contributed by atoms with Crippen LogP contribution in [0.15, 0.2) is 18.2 Å². The summed E-state index contributed by atoms with van der Waals surface area (Å²) in [6.45, 7) is 5.46. The molecule has 1 aromatic rings. The van der Waals surface area contributed by atoms with Gasteiger partial charge in [-0.1, -0.05) is 6.07 Å². The molecule has 0 spiro atoms. The van der Waals surface area contributed by atoms with Crippen LogP contribution in [0.5, 0.6) is 5.75 Å². The molecule has 1 aliphatic rings. The number of nitrogens with one attached hydrogen (secondary N) is 2. The third kappa shape index (κ3) is 3.87. The first-order chi connectivity index (χ1) is 9.35. The minimum absolute atomic E-state index is 0.00151. The minimum Gasteiger partial charge on any atom is -0.508 e. The Morgan fingerprint density at radius 2 is 2.15 bits per heavy atom. The molecule has 1 unspecified atom stereocenters. The molecule has 0 aromatic heterocycles. The topological polar surface area (TPSA) is 70.6 Å². The van der Waals surface area contributed by atoms with Gasteiger partial charge in [0.15, 0.2) is 0 Å². The summed E-state index contributed by atoms with van der Waals surface area (Å²) in [5, 5.41) is 9.60. The van der Waals surface area contributed by atoms with Crippen LogP contribution in [0, 0.1) is 0 Å². The Bertz CT molecular complexity index is 494. The fraction of sp³-hybridized carbons (Fsp3) is 0.533. The van der Waals surface area contributed by atoms with E-state index in [0.29, 0.717) is 0 Å². The quantitative estimate of drug-likeness (QED) is 0.727. The van der Waals surface area contributed by atoms with Gasteiger partial charge in [-0.05, 0) is 63.3 Å². The molecule has 20 heavy (non-hydrogen) atoms. The number of aryl methyl sites for hydroxylation is 1. The Balaban J connectivity index is 1.98. The van der Waals surface area contributed by atoms with Gasteiger partial charge in [-0.25, -0.2) is 10.2 Å². The zero-order valence-electron chi connectivity index (χ0n) is 12.2. The molecule has 0 saturated carbocycles. The van der Waals surface area contributed by atoms with Crippen molar-refractivity contribution in [1.29, 1.82) is 0 Å². The number of benzene rings is 1. The molecule has 0 heterocycles. The van der Waals surface area contributed by atoms with Crippen molar-refractivity contribution in [3.63, 3.8) is 0 Å². The van der Waals surface area contributed by atoms with E-state index in [0.717, 1.165) is 24.8 Å². The summed E-state index contributed by atoms with van der Waals surface area (Å²) in [4.78, 5) is 11.6. The normalized spacial score (nSPS) is 18.2. The van der Waals surface area contributed by atoms with Crippen LogP contribution >= 0.6 is 0 Å². The van der Waals surface area contributed by atoms with E-state index in [1.54, 1.807) is 12.1 Å². The van der Waals surface area contributed by atoms with Crippen molar-refractivity contribution in [2.75, 3.05) is 0 Å².